The number of para-hydroxylation sites is 1. The van der Waals surface area contributed by atoms with Crippen molar-refractivity contribution in [3.05, 3.63) is 54.6 Å². The fraction of sp³-hybridized carbons (Fsp3) is 0.176. The average Bonchev–Trinajstić information content (AvgIpc) is 3.10. The highest BCUT2D eigenvalue weighted by Crippen LogP contribution is 2.24. The topological polar surface area (TPSA) is 80.9 Å². The van der Waals surface area contributed by atoms with Crippen LogP contribution in [-0.2, 0) is 11.2 Å². The van der Waals surface area contributed by atoms with Gasteiger partial charge in [0, 0.05) is 23.9 Å². The number of carbonyl (C=O) groups is 1. The van der Waals surface area contributed by atoms with E-state index >= 15 is 0 Å². The monoisotopic (exact) mass is 340 g/mol. The maximum absolute atomic E-state index is 12.1. The summed E-state index contributed by atoms with van der Waals surface area (Å²) in [4.78, 5) is 21.6. The Morgan fingerprint density at radius 1 is 1.21 bits per heavy atom. The maximum Gasteiger partial charge on any atom is 0.227 e. The van der Waals surface area contributed by atoms with Crippen LogP contribution in [0.4, 0.5) is 5.69 Å². The van der Waals surface area contributed by atoms with Crippen LogP contribution in [0.3, 0.4) is 0 Å². The summed E-state index contributed by atoms with van der Waals surface area (Å²) in [7, 11) is 0. The van der Waals surface area contributed by atoms with Crippen LogP contribution in [0.2, 0.25) is 0 Å². The maximum atomic E-state index is 12.1. The molecule has 7 heteroatoms. The molecule has 0 atom stereocenters. The molecule has 1 amide bonds. The van der Waals surface area contributed by atoms with Crippen molar-refractivity contribution in [3.63, 3.8) is 0 Å². The number of amides is 1. The minimum Gasteiger partial charge on any atom is -0.339 e. The van der Waals surface area contributed by atoms with E-state index in [4.69, 9.17) is 4.52 Å². The number of thioether (sulfide) groups is 1. The Morgan fingerprint density at radius 2 is 2.04 bits per heavy atom. The number of anilines is 1. The van der Waals surface area contributed by atoms with E-state index in [9.17, 15) is 4.79 Å². The summed E-state index contributed by atoms with van der Waals surface area (Å²) in [6, 6.07) is 13.2. The molecular formula is C17H16N4O2S. The SMILES string of the molecule is CSc1ccccc1NC(=O)CCc1nc(-c2ccccn2)no1. The van der Waals surface area contributed by atoms with Gasteiger partial charge in [0.15, 0.2) is 0 Å². The minimum atomic E-state index is -0.0888. The zero-order valence-corrected chi connectivity index (χ0v) is 13.9. The number of aryl methyl sites for hydroxylation is 1. The standard InChI is InChI=1S/C17H16N4O2S/c1-24-14-8-3-2-6-12(14)19-15(22)9-10-16-20-17(21-23-16)13-7-4-5-11-18-13/h2-8,11H,9-10H2,1H3,(H,19,22). The molecule has 6 nitrogen and oxygen atoms in total. The van der Waals surface area contributed by atoms with Gasteiger partial charge in [0.1, 0.15) is 5.69 Å². The summed E-state index contributed by atoms with van der Waals surface area (Å²) < 4.78 is 5.18. The normalized spacial score (nSPS) is 10.5. The first-order chi connectivity index (χ1) is 11.8. The Balaban J connectivity index is 1.58. The van der Waals surface area contributed by atoms with Crippen molar-refractivity contribution in [1.82, 2.24) is 15.1 Å². The van der Waals surface area contributed by atoms with Crippen molar-refractivity contribution < 1.29 is 9.32 Å². The summed E-state index contributed by atoms with van der Waals surface area (Å²) in [6.45, 7) is 0. The Hall–Kier alpha value is -2.67. The van der Waals surface area contributed by atoms with Crippen LogP contribution in [0.5, 0.6) is 0 Å². The van der Waals surface area contributed by atoms with E-state index in [1.165, 1.54) is 0 Å². The van der Waals surface area contributed by atoms with E-state index in [1.807, 2.05) is 42.7 Å². The smallest absolute Gasteiger partial charge is 0.227 e. The molecule has 0 aliphatic heterocycles. The molecule has 0 aliphatic rings. The fourth-order valence-electron chi connectivity index (χ4n) is 2.14. The number of carbonyl (C=O) groups excluding carboxylic acids is 1. The third-order valence-corrected chi connectivity index (χ3v) is 4.10. The number of nitrogens with zero attached hydrogens (tertiary/aromatic N) is 3. The molecule has 0 fully saturated rings. The first-order valence-corrected chi connectivity index (χ1v) is 8.65. The zero-order valence-electron chi connectivity index (χ0n) is 13.1. The molecule has 3 rings (SSSR count). The summed E-state index contributed by atoms with van der Waals surface area (Å²) in [5.41, 5.74) is 1.46. The summed E-state index contributed by atoms with van der Waals surface area (Å²) >= 11 is 1.59. The van der Waals surface area contributed by atoms with E-state index in [0.717, 1.165) is 10.6 Å². The number of pyridine rings is 1. The van der Waals surface area contributed by atoms with Crippen LogP contribution < -0.4 is 5.32 Å². The quantitative estimate of drug-likeness (QED) is 0.693. The summed E-state index contributed by atoms with van der Waals surface area (Å²) in [5.74, 6) is 0.761. The second-order valence-corrected chi connectivity index (χ2v) is 5.82. The van der Waals surface area contributed by atoms with E-state index < -0.39 is 0 Å². The Labute approximate surface area is 143 Å². The van der Waals surface area contributed by atoms with Gasteiger partial charge in [-0.05, 0) is 30.5 Å². The lowest BCUT2D eigenvalue weighted by atomic mass is 10.2. The second-order valence-electron chi connectivity index (χ2n) is 4.98. The molecule has 0 aliphatic carbocycles. The van der Waals surface area contributed by atoms with E-state index in [-0.39, 0.29) is 12.3 Å². The second kappa shape index (κ2) is 7.74. The molecular weight excluding hydrogens is 324 g/mol. The zero-order chi connectivity index (χ0) is 16.8. The molecule has 0 bridgehead atoms. The van der Waals surface area contributed by atoms with Crippen molar-refractivity contribution in [1.29, 1.82) is 0 Å². The molecule has 0 saturated carbocycles. The molecule has 2 aromatic heterocycles. The van der Waals surface area contributed by atoms with Crippen LogP contribution in [0.15, 0.2) is 58.1 Å². The lowest BCUT2D eigenvalue weighted by molar-refractivity contribution is -0.116. The van der Waals surface area contributed by atoms with Crippen LogP contribution in [0.25, 0.3) is 11.5 Å². The van der Waals surface area contributed by atoms with E-state index in [2.05, 4.69) is 20.4 Å². The van der Waals surface area contributed by atoms with E-state index in [0.29, 0.717) is 23.8 Å². The van der Waals surface area contributed by atoms with Crippen molar-refractivity contribution in [2.75, 3.05) is 11.6 Å². The van der Waals surface area contributed by atoms with Gasteiger partial charge in [-0.25, -0.2) is 0 Å². The highest BCUT2D eigenvalue weighted by Gasteiger charge is 2.12. The summed E-state index contributed by atoms with van der Waals surface area (Å²) in [6.07, 6.45) is 4.30. The molecule has 0 radical (unpaired) electrons. The van der Waals surface area contributed by atoms with Gasteiger partial charge in [-0.3, -0.25) is 9.78 Å². The lowest BCUT2D eigenvalue weighted by Crippen LogP contribution is -2.13. The fourth-order valence-corrected chi connectivity index (χ4v) is 2.69. The molecule has 0 spiro atoms. The highest BCUT2D eigenvalue weighted by molar-refractivity contribution is 7.98. The Morgan fingerprint density at radius 3 is 2.83 bits per heavy atom. The van der Waals surface area contributed by atoms with Crippen LogP contribution in [0, 0.1) is 0 Å². The number of aromatic nitrogens is 3. The van der Waals surface area contributed by atoms with Gasteiger partial charge in [0.2, 0.25) is 17.6 Å². The first kappa shape index (κ1) is 16.2. The largest absolute Gasteiger partial charge is 0.339 e. The molecule has 0 saturated heterocycles. The molecule has 1 aromatic carbocycles. The Bertz CT molecular complexity index is 820. The third kappa shape index (κ3) is 3.99. The van der Waals surface area contributed by atoms with Crippen molar-refractivity contribution in [2.24, 2.45) is 0 Å². The van der Waals surface area contributed by atoms with Gasteiger partial charge < -0.3 is 9.84 Å². The Kier molecular flexibility index (Phi) is 5.22. The number of hydrogen-bond donors (Lipinski definition) is 1. The summed E-state index contributed by atoms with van der Waals surface area (Å²) in [5, 5.41) is 6.80. The molecule has 2 heterocycles. The van der Waals surface area contributed by atoms with E-state index in [1.54, 1.807) is 24.0 Å². The predicted octanol–water partition coefficient (Wildman–Crippen LogP) is 3.42. The van der Waals surface area contributed by atoms with Crippen LogP contribution >= 0.6 is 11.8 Å². The van der Waals surface area contributed by atoms with Gasteiger partial charge in [-0.2, -0.15) is 4.98 Å². The van der Waals surface area contributed by atoms with Gasteiger partial charge in [-0.15, -0.1) is 11.8 Å². The van der Waals surface area contributed by atoms with Crippen molar-refractivity contribution >= 4 is 23.4 Å². The minimum absolute atomic E-state index is 0.0888. The lowest BCUT2D eigenvalue weighted by Gasteiger charge is -2.08. The van der Waals surface area contributed by atoms with Crippen LogP contribution in [0.1, 0.15) is 12.3 Å². The number of benzene rings is 1. The number of rotatable bonds is 6. The van der Waals surface area contributed by atoms with Gasteiger partial charge in [0.05, 0.1) is 5.69 Å². The third-order valence-electron chi connectivity index (χ3n) is 3.31. The molecule has 122 valence electrons. The number of hydrogen-bond acceptors (Lipinski definition) is 6. The molecule has 3 aromatic rings. The highest BCUT2D eigenvalue weighted by atomic mass is 32.2. The van der Waals surface area contributed by atoms with Crippen molar-refractivity contribution in [3.8, 4) is 11.5 Å². The van der Waals surface area contributed by atoms with Gasteiger partial charge in [-0.1, -0.05) is 23.4 Å². The molecule has 24 heavy (non-hydrogen) atoms. The molecule has 0 unspecified atom stereocenters. The van der Waals surface area contributed by atoms with Gasteiger partial charge >= 0.3 is 0 Å². The number of nitrogens with one attached hydrogen (secondary N) is 1. The predicted molar refractivity (Wildman–Crippen MR) is 92.7 cm³/mol. The first-order valence-electron chi connectivity index (χ1n) is 7.43. The molecule has 1 N–H and O–H groups in total. The van der Waals surface area contributed by atoms with Gasteiger partial charge in [0.25, 0.3) is 0 Å². The van der Waals surface area contributed by atoms with Crippen LogP contribution in [-0.4, -0.2) is 27.3 Å². The van der Waals surface area contributed by atoms with Crippen molar-refractivity contribution in [2.45, 2.75) is 17.7 Å². The average molecular weight is 340 g/mol.